The zero-order valence-corrected chi connectivity index (χ0v) is 14.0. The van der Waals surface area contributed by atoms with Crippen molar-refractivity contribution in [1.29, 1.82) is 0 Å². The van der Waals surface area contributed by atoms with E-state index in [1.54, 1.807) is 0 Å². The monoisotopic (exact) mass is 336 g/mol. The molecule has 1 aromatic carbocycles. The van der Waals surface area contributed by atoms with E-state index in [9.17, 15) is 0 Å². The summed E-state index contributed by atoms with van der Waals surface area (Å²) < 4.78 is 1.22. The molecule has 20 heavy (non-hydrogen) atoms. The summed E-state index contributed by atoms with van der Waals surface area (Å²) in [4.78, 5) is 2.43. The van der Waals surface area contributed by atoms with E-state index in [0.717, 1.165) is 32.2 Å². The molecule has 0 saturated heterocycles. The first-order valence-corrected chi connectivity index (χ1v) is 8.36. The Labute approximate surface area is 131 Å². The third-order valence-electron chi connectivity index (χ3n) is 3.61. The van der Waals surface area contributed by atoms with E-state index in [0.29, 0.717) is 0 Å². The number of hydrogen-bond acceptors (Lipinski definition) is 2. The van der Waals surface area contributed by atoms with Gasteiger partial charge in [0.15, 0.2) is 0 Å². The molecule has 3 heteroatoms. The highest BCUT2D eigenvalue weighted by atomic mass is 79.9. The van der Waals surface area contributed by atoms with Gasteiger partial charge in [0.1, 0.15) is 0 Å². The molecule has 110 valence electrons. The van der Waals surface area contributed by atoms with Crippen molar-refractivity contribution in [2.75, 3.05) is 13.1 Å². The van der Waals surface area contributed by atoms with E-state index in [1.165, 1.54) is 34.9 Å². The van der Waals surface area contributed by atoms with Gasteiger partial charge in [-0.15, -0.1) is 6.58 Å². The van der Waals surface area contributed by atoms with Gasteiger partial charge in [-0.05, 0) is 43.0 Å². The maximum absolute atomic E-state index is 3.85. The van der Waals surface area contributed by atoms with Gasteiger partial charge < -0.3 is 5.32 Å². The fraction of sp³-hybridized carbons (Fsp3) is 0.529. The minimum atomic E-state index is 0.765. The standard InChI is InChI=1S/C17H25BrN2/c1-3-9-20(10-4-2)13-15-6-5-14(11-17(15)18)12-19-16-7-8-16/h3,5-6,11,16,19H,1,4,7-10,12-13H2,2H3. The predicted molar refractivity (Wildman–Crippen MR) is 89.8 cm³/mol. The Morgan fingerprint density at radius 3 is 2.85 bits per heavy atom. The molecule has 0 spiro atoms. The van der Waals surface area contributed by atoms with E-state index >= 15 is 0 Å². The molecule has 1 saturated carbocycles. The molecular formula is C17H25BrN2. The Morgan fingerprint density at radius 1 is 1.45 bits per heavy atom. The Balaban J connectivity index is 1.94. The summed E-state index contributed by atoms with van der Waals surface area (Å²) in [5.41, 5.74) is 2.72. The second-order valence-electron chi connectivity index (χ2n) is 5.60. The Morgan fingerprint density at radius 2 is 2.25 bits per heavy atom. The molecule has 0 aromatic heterocycles. The summed E-state index contributed by atoms with van der Waals surface area (Å²) in [6, 6.07) is 7.51. The van der Waals surface area contributed by atoms with E-state index in [-0.39, 0.29) is 0 Å². The zero-order chi connectivity index (χ0) is 14.4. The Kier molecular flexibility index (Phi) is 6.27. The average molecular weight is 337 g/mol. The number of benzene rings is 1. The highest BCUT2D eigenvalue weighted by Gasteiger charge is 2.20. The quantitative estimate of drug-likeness (QED) is 0.683. The lowest BCUT2D eigenvalue weighted by atomic mass is 10.1. The average Bonchev–Trinajstić information content (AvgIpc) is 3.24. The fourth-order valence-electron chi connectivity index (χ4n) is 2.35. The molecule has 2 nitrogen and oxygen atoms in total. The fourth-order valence-corrected chi connectivity index (χ4v) is 2.90. The van der Waals surface area contributed by atoms with Crippen LogP contribution in [0.2, 0.25) is 0 Å². The van der Waals surface area contributed by atoms with Gasteiger partial charge in [0, 0.05) is 30.1 Å². The highest BCUT2D eigenvalue weighted by molar-refractivity contribution is 9.10. The minimum absolute atomic E-state index is 0.765. The van der Waals surface area contributed by atoms with Crippen LogP contribution in [0.25, 0.3) is 0 Å². The summed E-state index contributed by atoms with van der Waals surface area (Å²) in [6.45, 7) is 10.1. The maximum Gasteiger partial charge on any atom is 0.0248 e. The smallest absolute Gasteiger partial charge is 0.0248 e. The molecule has 0 bridgehead atoms. The van der Waals surface area contributed by atoms with Crippen LogP contribution in [0.1, 0.15) is 37.3 Å². The summed E-state index contributed by atoms with van der Waals surface area (Å²) in [5, 5.41) is 3.56. The zero-order valence-electron chi connectivity index (χ0n) is 12.4. The molecule has 0 unspecified atom stereocenters. The maximum atomic E-state index is 3.85. The van der Waals surface area contributed by atoms with Crippen molar-refractivity contribution < 1.29 is 0 Å². The normalized spacial score (nSPS) is 14.8. The molecule has 0 heterocycles. The summed E-state index contributed by atoms with van der Waals surface area (Å²) in [5.74, 6) is 0. The van der Waals surface area contributed by atoms with Crippen LogP contribution in [0.5, 0.6) is 0 Å². The number of nitrogens with one attached hydrogen (secondary N) is 1. The van der Waals surface area contributed by atoms with Crippen LogP contribution in [0.15, 0.2) is 35.3 Å². The van der Waals surface area contributed by atoms with E-state index in [1.807, 2.05) is 6.08 Å². The molecule has 1 aromatic rings. The first-order chi connectivity index (χ1) is 9.72. The van der Waals surface area contributed by atoms with Gasteiger partial charge in [-0.25, -0.2) is 0 Å². The van der Waals surface area contributed by atoms with Gasteiger partial charge in [0.25, 0.3) is 0 Å². The highest BCUT2D eigenvalue weighted by Crippen LogP contribution is 2.22. The van der Waals surface area contributed by atoms with Crippen LogP contribution >= 0.6 is 15.9 Å². The second-order valence-corrected chi connectivity index (χ2v) is 6.46. The van der Waals surface area contributed by atoms with Crippen LogP contribution in [0.4, 0.5) is 0 Å². The van der Waals surface area contributed by atoms with Crippen LogP contribution in [0, 0.1) is 0 Å². The van der Waals surface area contributed by atoms with Gasteiger partial charge >= 0.3 is 0 Å². The second kappa shape index (κ2) is 7.96. The largest absolute Gasteiger partial charge is 0.310 e. The molecule has 0 atom stereocenters. The van der Waals surface area contributed by atoms with Crippen molar-refractivity contribution in [3.63, 3.8) is 0 Å². The van der Waals surface area contributed by atoms with Crippen LogP contribution in [-0.2, 0) is 13.1 Å². The van der Waals surface area contributed by atoms with Crippen molar-refractivity contribution in [1.82, 2.24) is 10.2 Å². The summed E-state index contributed by atoms with van der Waals surface area (Å²) in [6.07, 6.45) is 5.84. The molecule has 1 fully saturated rings. The molecule has 1 N–H and O–H groups in total. The lowest BCUT2D eigenvalue weighted by Crippen LogP contribution is -2.24. The van der Waals surface area contributed by atoms with Crippen molar-refractivity contribution in [2.24, 2.45) is 0 Å². The van der Waals surface area contributed by atoms with Gasteiger partial charge in [-0.1, -0.05) is 41.1 Å². The van der Waals surface area contributed by atoms with Crippen molar-refractivity contribution in [3.05, 3.63) is 46.5 Å². The lowest BCUT2D eigenvalue weighted by molar-refractivity contribution is 0.294. The van der Waals surface area contributed by atoms with Crippen molar-refractivity contribution in [2.45, 2.75) is 45.3 Å². The first kappa shape index (κ1) is 15.7. The molecule has 0 aliphatic heterocycles. The van der Waals surface area contributed by atoms with Crippen molar-refractivity contribution in [3.8, 4) is 0 Å². The Bertz CT molecular complexity index is 441. The minimum Gasteiger partial charge on any atom is -0.310 e. The third kappa shape index (κ3) is 5.04. The SMILES string of the molecule is C=CCN(CCC)Cc1ccc(CNC2CC2)cc1Br. The molecule has 1 aliphatic rings. The number of halogens is 1. The van der Waals surface area contributed by atoms with Crippen LogP contribution in [0.3, 0.4) is 0 Å². The summed E-state index contributed by atoms with van der Waals surface area (Å²) in [7, 11) is 0. The van der Waals surface area contributed by atoms with E-state index in [2.05, 4.69) is 57.8 Å². The van der Waals surface area contributed by atoms with Gasteiger partial charge in [-0.2, -0.15) is 0 Å². The molecule has 1 aliphatic carbocycles. The van der Waals surface area contributed by atoms with Crippen LogP contribution in [-0.4, -0.2) is 24.0 Å². The predicted octanol–water partition coefficient (Wildman–Crippen LogP) is 4.10. The number of rotatable bonds is 9. The molecule has 0 amide bonds. The van der Waals surface area contributed by atoms with Gasteiger partial charge in [0.05, 0.1) is 0 Å². The van der Waals surface area contributed by atoms with Crippen molar-refractivity contribution >= 4 is 15.9 Å². The number of hydrogen-bond donors (Lipinski definition) is 1. The molecule has 0 radical (unpaired) electrons. The number of nitrogens with zero attached hydrogens (tertiary/aromatic N) is 1. The van der Waals surface area contributed by atoms with Crippen LogP contribution < -0.4 is 5.32 Å². The first-order valence-electron chi connectivity index (χ1n) is 7.57. The van der Waals surface area contributed by atoms with E-state index < -0.39 is 0 Å². The lowest BCUT2D eigenvalue weighted by Gasteiger charge is -2.21. The molecule has 2 rings (SSSR count). The van der Waals surface area contributed by atoms with Gasteiger partial charge in [-0.3, -0.25) is 4.90 Å². The topological polar surface area (TPSA) is 15.3 Å². The Hall–Kier alpha value is -0.640. The van der Waals surface area contributed by atoms with Gasteiger partial charge in [0.2, 0.25) is 0 Å². The summed E-state index contributed by atoms with van der Waals surface area (Å²) >= 11 is 3.72. The third-order valence-corrected chi connectivity index (χ3v) is 4.35. The van der Waals surface area contributed by atoms with E-state index in [4.69, 9.17) is 0 Å². The molecular weight excluding hydrogens is 312 g/mol.